The molecule has 0 aliphatic carbocycles. The van der Waals surface area contributed by atoms with E-state index in [1.165, 1.54) is 23.6 Å². The van der Waals surface area contributed by atoms with Crippen LogP contribution in [0.5, 0.6) is 0 Å². The number of amides is 2. The lowest BCUT2D eigenvalue weighted by atomic mass is 10.2. The highest BCUT2D eigenvalue weighted by molar-refractivity contribution is 8.26. The van der Waals surface area contributed by atoms with Crippen LogP contribution in [-0.2, 0) is 16.1 Å². The van der Waals surface area contributed by atoms with Gasteiger partial charge in [0, 0.05) is 18.8 Å². The van der Waals surface area contributed by atoms with Crippen molar-refractivity contribution in [3.63, 3.8) is 0 Å². The molecule has 1 aliphatic rings. The number of rotatable bonds is 4. The molecule has 0 radical (unpaired) electrons. The zero-order valence-corrected chi connectivity index (χ0v) is 15.2. The molecular formula is C19H16N2O2S2. The quantitative estimate of drug-likeness (QED) is 0.605. The molecular weight excluding hydrogens is 352 g/mol. The number of benzene rings is 2. The number of carbonyl (C=O) groups is 2. The third-order valence-electron chi connectivity index (χ3n) is 3.68. The fraction of sp³-hybridized carbons (Fsp3) is 0.105. The van der Waals surface area contributed by atoms with Crippen LogP contribution >= 0.6 is 24.0 Å². The van der Waals surface area contributed by atoms with E-state index in [9.17, 15) is 9.59 Å². The van der Waals surface area contributed by atoms with Gasteiger partial charge in [0.2, 0.25) is 5.91 Å². The highest BCUT2D eigenvalue weighted by atomic mass is 32.2. The van der Waals surface area contributed by atoms with Crippen molar-refractivity contribution in [2.24, 2.45) is 0 Å². The van der Waals surface area contributed by atoms with Crippen molar-refractivity contribution in [3.05, 3.63) is 77.3 Å². The number of hydrogen-bond donors (Lipinski definition) is 0. The van der Waals surface area contributed by atoms with Gasteiger partial charge >= 0.3 is 0 Å². The highest BCUT2D eigenvalue weighted by Gasteiger charge is 2.33. The first kappa shape index (κ1) is 17.4. The van der Waals surface area contributed by atoms with Gasteiger partial charge in [-0.3, -0.25) is 19.4 Å². The first-order valence-electron chi connectivity index (χ1n) is 7.70. The van der Waals surface area contributed by atoms with Gasteiger partial charge in [0.05, 0.1) is 11.4 Å². The average molecular weight is 368 g/mol. The molecule has 0 saturated carbocycles. The van der Waals surface area contributed by atoms with Crippen LogP contribution in [0.25, 0.3) is 0 Å². The minimum Gasteiger partial charge on any atom is -0.288 e. The molecule has 0 bridgehead atoms. The lowest BCUT2D eigenvalue weighted by Gasteiger charge is -2.17. The number of anilines is 1. The Hall–Kier alpha value is -2.44. The first-order chi connectivity index (χ1) is 12.1. The van der Waals surface area contributed by atoms with E-state index in [1.807, 2.05) is 60.7 Å². The Kier molecular flexibility index (Phi) is 5.31. The van der Waals surface area contributed by atoms with E-state index in [1.54, 1.807) is 11.1 Å². The predicted molar refractivity (Wildman–Crippen MR) is 105 cm³/mol. The number of carbonyl (C=O) groups excluding carboxylic acids is 2. The van der Waals surface area contributed by atoms with Crippen LogP contribution < -0.4 is 4.90 Å². The lowest BCUT2D eigenvalue weighted by molar-refractivity contribution is -0.122. The molecule has 1 aliphatic heterocycles. The van der Waals surface area contributed by atoms with Crippen molar-refractivity contribution in [2.75, 3.05) is 4.90 Å². The average Bonchev–Trinajstić information content (AvgIpc) is 2.88. The summed E-state index contributed by atoms with van der Waals surface area (Å²) in [6, 6.07) is 18.9. The van der Waals surface area contributed by atoms with Crippen LogP contribution in [0.15, 0.2) is 71.8 Å². The topological polar surface area (TPSA) is 40.6 Å². The summed E-state index contributed by atoms with van der Waals surface area (Å²) in [6.45, 7) is 1.89. The van der Waals surface area contributed by atoms with Gasteiger partial charge in [-0.05, 0) is 17.7 Å². The smallest absolute Gasteiger partial charge is 0.267 e. The molecule has 126 valence electrons. The van der Waals surface area contributed by atoms with Crippen LogP contribution in [0.3, 0.4) is 0 Å². The molecule has 0 aromatic heterocycles. The molecule has 4 nitrogen and oxygen atoms in total. The summed E-state index contributed by atoms with van der Waals surface area (Å²) in [7, 11) is 0. The maximum Gasteiger partial charge on any atom is 0.267 e. The summed E-state index contributed by atoms with van der Waals surface area (Å²) in [4.78, 5) is 28.2. The number of para-hydroxylation sites is 1. The number of thiocarbonyl (C=S) groups is 1. The highest BCUT2D eigenvalue weighted by Crippen LogP contribution is 2.33. The summed E-state index contributed by atoms with van der Waals surface area (Å²) in [5, 5.41) is 0. The van der Waals surface area contributed by atoms with Gasteiger partial charge in [0.1, 0.15) is 4.32 Å². The van der Waals surface area contributed by atoms with E-state index in [0.29, 0.717) is 21.5 Å². The maximum absolute atomic E-state index is 12.7. The molecule has 0 atom stereocenters. The van der Waals surface area contributed by atoms with Crippen molar-refractivity contribution in [1.82, 2.24) is 4.90 Å². The summed E-state index contributed by atoms with van der Waals surface area (Å²) in [5.74, 6) is -0.347. The SMILES string of the molecule is CC(=O)N(/C=C1/SC(=S)N(Cc2ccccc2)C1=O)c1ccccc1. The van der Waals surface area contributed by atoms with Crippen molar-refractivity contribution in [1.29, 1.82) is 0 Å². The minimum atomic E-state index is -0.180. The van der Waals surface area contributed by atoms with Crippen molar-refractivity contribution in [3.8, 4) is 0 Å². The molecule has 2 amide bonds. The van der Waals surface area contributed by atoms with Gasteiger partial charge in [0.15, 0.2) is 0 Å². The van der Waals surface area contributed by atoms with Gasteiger partial charge in [-0.15, -0.1) is 0 Å². The summed E-state index contributed by atoms with van der Waals surface area (Å²) < 4.78 is 0.497. The van der Waals surface area contributed by atoms with Gasteiger partial charge in [-0.25, -0.2) is 0 Å². The molecule has 2 aromatic carbocycles. The lowest BCUT2D eigenvalue weighted by Crippen LogP contribution is -2.28. The Balaban J connectivity index is 1.85. The van der Waals surface area contributed by atoms with Gasteiger partial charge in [-0.2, -0.15) is 0 Å². The zero-order valence-electron chi connectivity index (χ0n) is 13.6. The molecule has 6 heteroatoms. The van der Waals surface area contributed by atoms with Gasteiger partial charge in [0.25, 0.3) is 5.91 Å². The zero-order chi connectivity index (χ0) is 17.8. The number of nitrogens with zero attached hydrogens (tertiary/aromatic N) is 2. The van der Waals surface area contributed by atoms with Crippen molar-refractivity contribution in [2.45, 2.75) is 13.5 Å². The van der Waals surface area contributed by atoms with Crippen LogP contribution in [-0.4, -0.2) is 21.0 Å². The van der Waals surface area contributed by atoms with Crippen LogP contribution in [0, 0.1) is 0 Å². The van der Waals surface area contributed by atoms with Crippen LogP contribution in [0.2, 0.25) is 0 Å². The van der Waals surface area contributed by atoms with E-state index in [4.69, 9.17) is 12.2 Å². The van der Waals surface area contributed by atoms with Crippen molar-refractivity contribution >= 4 is 45.8 Å². The molecule has 0 N–H and O–H groups in total. The van der Waals surface area contributed by atoms with E-state index in [2.05, 4.69) is 0 Å². The maximum atomic E-state index is 12.7. The first-order valence-corrected chi connectivity index (χ1v) is 8.93. The normalized spacial score (nSPS) is 15.7. The Morgan fingerprint density at radius 1 is 1.12 bits per heavy atom. The standard InChI is InChI=1S/C19H16N2O2S2/c1-14(22)20(16-10-6-3-7-11-16)13-17-18(23)21(19(24)25-17)12-15-8-4-2-5-9-15/h2-11,13H,12H2,1H3/b17-13+. The van der Waals surface area contributed by atoms with E-state index < -0.39 is 0 Å². The molecule has 3 rings (SSSR count). The molecule has 2 aromatic rings. The van der Waals surface area contributed by atoms with Gasteiger partial charge in [-0.1, -0.05) is 72.5 Å². The fourth-order valence-electron chi connectivity index (χ4n) is 2.45. The van der Waals surface area contributed by atoms with Crippen LogP contribution in [0.4, 0.5) is 5.69 Å². The molecule has 25 heavy (non-hydrogen) atoms. The van der Waals surface area contributed by atoms with Crippen LogP contribution in [0.1, 0.15) is 12.5 Å². The third-order valence-corrected chi connectivity index (χ3v) is 5.04. The fourth-order valence-corrected chi connectivity index (χ4v) is 3.66. The Morgan fingerprint density at radius 2 is 1.72 bits per heavy atom. The van der Waals surface area contributed by atoms with Gasteiger partial charge < -0.3 is 0 Å². The second-order valence-corrected chi connectivity index (χ2v) is 7.14. The summed E-state index contributed by atoms with van der Waals surface area (Å²) in [6.07, 6.45) is 1.57. The molecule has 1 fully saturated rings. The molecule has 1 saturated heterocycles. The second kappa shape index (κ2) is 7.63. The molecule has 1 heterocycles. The Morgan fingerprint density at radius 3 is 2.32 bits per heavy atom. The summed E-state index contributed by atoms with van der Waals surface area (Å²) in [5.41, 5.74) is 1.72. The van der Waals surface area contributed by atoms with E-state index in [-0.39, 0.29) is 11.8 Å². The minimum absolute atomic E-state index is 0.167. The third kappa shape index (κ3) is 3.97. The predicted octanol–water partition coefficient (Wildman–Crippen LogP) is 3.94. The largest absolute Gasteiger partial charge is 0.288 e. The summed E-state index contributed by atoms with van der Waals surface area (Å²) >= 11 is 6.57. The Labute approximate surface area is 156 Å². The second-order valence-electron chi connectivity index (χ2n) is 5.46. The van der Waals surface area contributed by atoms with E-state index >= 15 is 0 Å². The Bertz CT molecular complexity index is 835. The van der Waals surface area contributed by atoms with Crippen molar-refractivity contribution < 1.29 is 9.59 Å². The number of thioether (sulfide) groups is 1. The monoisotopic (exact) mass is 368 g/mol. The number of hydrogen-bond acceptors (Lipinski definition) is 4. The molecule has 0 unspecified atom stereocenters. The molecule has 0 spiro atoms. The van der Waals surface area contributed by atoms with E-state index in [0.717, 1.165) is 5.56 Å².